The second kappa shape index (κ2) is 5.36. The number of hydrogen-bond acceptors (Lipinski definition) is 5. The largest absolute Gasteiger partial charge is 0.349 e. The molecule has 18 heavy (non-hydrogen) atoms. The molecule has 3 heterocycles. The van der Waals surface area contributed by atoms with E-state index in [4.69, 9.17) is 0 Å². The van der Waals surface area contributed by atoms with Crippen molar-refractivity contribution in [2.24, 2.45) is 0 Å². The Morgan fingerprint density at radius 2 is 2.39 bits per heavy atom. The molecule has 1 aliphatic rings. The first-order chi connectivity index (χ1) is 8.34. The van der Waals surface area contributed by atoms with E-state index in [-0.39, 0.29) is 18.0 Å². The Hall–Kier alpha value is -1.60. The molecule has 7 nitrogen and oxygen atoms in total. The van der Waals surface area contributed by atoms with Crippen molar-refractivity contribution in [3.63, 3.8) is 0 Å². The van der Waals surface area contributed by atoms with Crippen LogP contribution in [-0.4, -0.2) is 38.9 Å². The number of rotatable bonds is 2. The molecule has 1 unspecified atom stereocenters. The molecular weight excluding hydrogens is 256 g/mol. The monoisotopic (exact) mass is 270 g/mol. The first-order valence-electron chi connectivity index (χ1n) is 5.74. The molecule has 0 spiro atoms. The summed E-state index contributed by atoms with van der Waals surface area (Å²) < 4.78 is 1.54. The molecule has 2 aromatic heterocycles. The number of hydrogen-bond donors (Lipinski definition) is 3. The predicted molar refractivity (Wildman–Crippen MR) is 70.4 cm³/mol. The van der Waals surface area contributed by atoms with Crippen molar-refractivity contribution < 1.29 is 0 Å². The summed E-state index contributed by atoms with van der Waals surface area (Å²) in [6, 6.07) is 2.00. The van der Waals surface area contributed by atoms with Crippen LogP contribution in [0.5, 0.6) is 0 Å². The van der Waals surface area contributed by atoms with Gasteiger partial charge in [-0.2, -0.15) is 9.61 Å². The molecule has 1 aliphatic heterocycles. The summed E-state index contributed by atoms with van der Waals surface area (Å²) in [5, 5.41) is 17.2. The van der Waals surface area contributed by atoms with Gasteiger partial charge >= 0.3 is 0 Å². The predicted octanol–water partition coefficient (Wildman–Crippen LogP) is 0.00330. The van der Waals surface area contributed by atoms with Crippen molar-refractivity contribution in [1.82, 2.24) is 25.1 Å². The van der Waals surface area contributed by atoms with E-state index in [1.807, 2.05) is 0 Å². The van der Waals surface area contributed by atoms with Gasteiger partial charge in [-0.15, -0.1) is 17.5 Å². The summed E-state index contributed by atoms with van der Waals surface area (Å²) in [5.41, 5.74) is 0.279. The van der Waals surface area contributed by atoms with Gasteiger partial charge in [0.2, 0.25) is 5.95 Å². The lowest BCUT2D eigenvalue weighted by atomic mass is 10.1. The van der Waals surface area contributed by atoms with Gasteiger partial charge in [0, 0.05) is 12.6 Å². The van der Waals surface area contributed by atoms with Crippen LogP contribution in [-0.2, 0) is 0 Å². The molecule has 3 rings (SSSR count). The fraction of sp³-hybridized carbons (Fsp3) is 0.500. The number of aromatic amines is 1. The molecule has 8 heteroatoms. The smallest absolute Gasteiger partial charge is 0.290 e. The average Bonchev–Trinajstić information content (AvgIpc) is 2.84. The molecular formula is C10H15ClN6O. The second-order valence-electron chi connectivity index (χ2n) is 4.19. The molecule has 2 aromatic rings. The fourth-order valence-corrected chi connectivity index (χ4v) is 2.10. The molecule has 98 valence electrons. The van der Waals surface area contributed by atoms with Crippen molar-refractivity contribution >= 4 is 23.9 Å². The van der Waals surface area contributed by atoms with Gasteiger partial charge in [0.25, 0.3) is 5.56 Å². The Morgan fingerprint density at radius 1 is 1.50 bits per heavy atom. The first kappa shape index (κ1) is 12.8. The minimum absolute atomic E-state index is 0. The minimum Gasteiger partial charge on any atom is -0.349 e. The quantitative estimate of drug-likeness (QED) is 0.715. The average molecular weight is 271 g/mol. The van der Waals surface area contributed by atoms with Crippen molar-refractivity contribution in [3.8, 4) is 0 Å². The first-order valence-corrected chi connectivity index (χ1v) is 5.74. The maximum Gasteiger partial charge on any atom is 0.290 e. The van der Waals surface area contributed by atoms with Crippen LogP contribution in [0.1, 0.15) is 12.8 Å². The molecule has 0 aromatic carbocycles. The minimum atomic E-state index is -0.227. The van der Waals surface area contributed by atoms with Crippen LogP contribution in [0.2, 0.25) is 0 Å². The zero-order valence-corrected chi connectivity index (χ0v) is 10.5. The van der Waals surface area contributed by atoms with E-state index in [0.29, 0.717) is 17.5 Å². The van der Waals surface area contributed by atoms with Crippen LogP contribution in [0.4, 0.5) is 5.95 Å². The van der Waals surface area contributed by atoms with E-state index in [1.54, 1.807) is 12.3 Å². The van der Waals surface area contributed by atoms with Gasteiger partial charge in [0.15, 0.2) is 0 Å². The third kappa shape index (κ3) is 2.32. The van der Waals surface area contributed by atoms with Crippen LogP contribution in [0.3, 0.4) is 0 Å². The number of nitrogens with zero attached hydrogens (tertiary/aromatic N) is 3. The summed E-state index contributed by atoms with van der Waals surface area (Å²) >= 11 is 0. The van der Waals surface area contributed by atoms with Crippen LogP contribution < -0.4 is 16.2 Å². The van der Waals surface area contributed by atoms with Gasteiger partial charge in [0.05, 0.1) is 6.20 Å². The third-order valence-corrected chi connectivity index (χ3v) is 2.97. The molecule has 0 radical (unpaired) electrons. The number of anilines is 1. The molecule has 0 aliphatic carbocycles. The molecule has 1 fully saturated rings. The van der Waals surface area contributed by atoms with Gasteiger partial charge in [-0.1, -0.05) is 0 Å². The zero-order chi connectivity index (χ0) is 11.7. The highest BCUT2D eigenvalue weighted by Gasteiger charge is 2.15. The Bertz CT molecular complexity index is 573. The number of piperidine rings is 1. The Labute approximate surface area is 109 Å². The van der Waals surface area contributed by atoms with Gasteiger partial charge in [-0.05, 0) is 25.5 Å². The highest BCUT2D eigenvalue weighted by atomic mass is 35.5. The number of fused-ring (bicyclic) bond motifs is 1. The topological polar surface area (TPSA) is 87.1 Å². The molecule has 0 amide bonds. The number of halogens is 1. The highest BCUT2D eigenvalue weighted by molar-refractivity contribution is 5.85. The van der Waals surface area contributed by atoms with Gasteiger partial charge in [-0.25, -0.2) is 5.10 Å². The lowest BCUT2D eigenvalue weighted by Crippen LogP contribution is -2.39. The normalized spacial score (nSPS) is 19.4. The van der Waals surface area contributed by atoms with E-state index >= 15 is 0 Å². The van der Waals surface area contributed by atoms with Crippen LogP contribution >= 0.6 is 12.4 Å². The highest BCUT2D eigenvalue weighted by Crippen LogP contribution is 2.09. The fourth-order valence-electron chi connectivity index (χ4n) is 2.10. The summed E-state index contributed by atoms with van der Waals surface area (Å²) in [5.74, 6) is 0.582. The standard InChI is InChI=1S/C10H14N6O.ClH/c17-9-8-3-5-12-16(8)10(15-14-9)13-7-2-1-4-11-6-7;/h3,5,7,11H,1-2,4,6H2,(H,13,15)(H,14,17);1H. The summed E-state index contributed by atoms with van der Waals surface area (Å²) in [6.45, 7) is 1.97. The van der Waals surface area contributed by atoms with Crippen LogP contribution in [0.25, 0.3) is 5.52 Å². The van der Waals surface area contributed by atoms with E-state index in [9.17, 15) is 4.79 Å². The number of nitrogens with one attached hydrogen (secondary N) is 3. The lowest BCUT2D eigenvalue weighted by molar-refractivity contribution is 0.476. The van der Waals surface area contributed by atoms with E-state index in [1.165, 1.54) is 4.52 Å². The SMILES string of the molecule is Cl.O=c1[nH]nc(NC2CCCNC2)n2nccc12. The number of aromatic nitrogens is 4. The molecule has 0 saturated carbocycles. The molecule has 3 N–H and O–H groups in total. The van der Waals surface area contributed by atoms with Crippen LogP contribution in [0.15, 0.2) is 17.1 Å². The van der Waals surface area contributed by atoms with Crippen molar-refractivity contribution in [1.29, 1.82) is 0 Å². The van der Waals surface area contributed by atoms with Gasteiger partial charge < -0.3 is 10.6 Å². The third-order valence-electron chi connectivity index (χ3n) is 2.97. The summed E-state index contributed by atoms with van der Waals surface area (Å²) in [7, 11) is 0. The molecule has 1 atom stereocenters. The Morgan fingerprint density at radius 3 is 3.17 bits per heavy atom. The summed E-state index contributed by atoms with van der Waals surface area (Å²) in [6.07, 6.45) is 3.83. The Kier molecular flexibility index (Phi) is 3.83. The van der Waals surface area contributed by atoms with Crippen LogP contribution in [0, 0.1) is 0 Å². The maximum absolute atomic E-state index is 11.5. The van der Waals surface area contributed by atoms with Crippen molar-refractivity contribution in [3.05, 3.63) is 22.6 Å². The molecule has 1 saturated heterocycles. The maximum atomic E-state index is 11.5. The number of H-pyrrole nitrogens is 1. The Balaban J connectivity index is 0.00000120. The van der Waals surface area contributed by atoms with Crippen molar-refractivity contribution in [2.75, 3.05) is 18.4 Å². The molecule has 0 bridgehead atoms. The second-order valence-corrected chi connectivity index (χ2v) is 4.19. The van der Waals surface area contributed by atoms with Crippen molar-refractivity contribution in [2.45, 2.75) is 18.9 Å². The lowest BCUT2D eigenvalue weighted by Gasteiger charge is -2.23. The van der Waals surface area contributed by atoms with E-state index < -0.39 is 0 Å². The van der Waals surface area contributed by atoms with Gasteiger partial charge in [0.1, 0.15) is 5.52 Å². The summed E-state index contributed by atoms with van der Waals surface area (Å²) in [4.78, 5) is 11.5. The zero-order valence-electron chi connectivity index (χ0n) is 9.72. The van der Waals surface area contributed by atoms with E-state index in [0.717, 1.165) is 25.9 Å². The van der Waals surface area contributed by atoms with Gasteiger partial charge in [-0.3, -0.25) is 4.79 Å². The van der Waals surface area contributed by atoms with E-state index in [2.05, 4.69) is 25.9 Å².